The smallest absolute Gasteiger partial charge is 0.271 e. The second kappa shape index (κ2) is 7.23. The summed E-state index contributed by atoms with van der Waals surface area (Å²) in [5.74, 6) is 1.09. The molecule has 2 aromatic rings. The maximum Gasteiger partial charge on any atom is 0.271 e. The molecule has 1 aromatic heterocycles. The van der Waals surface area contributed by atoms with Crippen molar-refractivity contribution in [3.8, 4) is 5.75 Å². The second-order valence-electron chi connectivity index (χ2n) is 4.35. The summed E-state index contributed by atoms with van der Waals surface area (Å²) < 4.78 is 5.15. The number of aromatic nitrogens is 2. The SMILES string of the molecule is CCNc1cncc(C(=O)NCc2cccc(OC)c2)n1. The average molecular weight is 286 g/mol. The average Bonchev–Trinajstić information content (AvgIpc) is 2.53. The number of carbonyl (C=O) groups is 1. The van der Waals surface area contributed by atoms with E-state index in [-0.39, 0.29) is 11.6 Å². The number of nitrogens with one attached hydrogen (secondary N) is 2. The summed E-state index contributed by atoms with van der Waals surface area (Å²) in [6, 6.07) is 7.53. The molecule has 0 saturated carbocycles. The first-order valence-electron chi connectivity index (χ1n) is 6.70. The zero-order valence-electron chi connectivity index (χ0n) is 12.1. The van der Waals surface area contributed by atoms with Crippen LogP contribution in [0.2, 0.25) is 0 Å². The largest absolute Gasteiger partial charge is 0.497 e. The van der Waals surface area contributed by atoms with E-state index >= 15 is 0 Å². The lowest BCUT2D eigenvalue weighted by molar-refractivity contribution is 0.0945. The molecule has 1 heterocycles. The van der Waals surface area contributed by atoms with Gasteiger partial charge in [-0.1, -0.05) is 12.1 Å². The van der Waals surface area contributed by atoms with Crippen LogP contribution in [0.3, 0.4) is 0 Å². The molecule has 110 valence electrons. The molecule has 0 unspecified atom stereocenters. The molecule has 0 radical (unpaired) electrons. The van der Waals surface area contributed by atoms with Crippen LogP contribution >= 0.6 is 0 Å². The molecule has 0 spiro atoms. The highest BCUT2D eigenvalue weighted by atomic mass is 16.5. The number of hydrogen-bond donors (Lipinski definition) is 2. The van der Waals surface area contributed by atoms with Crippen molar-refractivity contribution in [2.45, 2.75) is 13.5 Å². The summed E-state index contributed by atoms with van der Waals surface area (Å²) in [7, 11) is 1.61. The molecule has 2 rings (SSSR count). The minimum Gasteiger partial charge on any atom is -0.497 e. The highest BCUT2D eigenvalue weighted by molar-refractivity contribution is 5.92. The van der Waals surface area contributed by atoms with Crippen LogP contribution in [0.25, 0.3) is 0 Å². The monoisotopic (exact) mass is 286 g/mol. The Hall–Kier alpha value is -2.63. The number of ether oxygens (including phenoxy) is 1. The first-order chi connectivity index (χ1) is 10.2. The molecule has 6 heteroatoms. The third-order valence-corrected chi connectivity index (χ3v) is 2.81. The van der Waals surface area contributed by atoms with Crippen molar-refractivity contribution in [2.24, 2.45) is 0 Å². The van der Waals surface area contributed by atoms with Gasteiger partial charge in [-0.25, -0.2) is 4.98 Å². The molecule has 0 atom stereocenters. The lowest BCUT2D eigenvalue weighted by Gasteiger charge is -2.07. The minimum atomic E-state index is -0.259. The van der Waals surface area contributed by atoms with Crippen molar-refractivity contribution in [3.05, 3.63) is 47.9 Å². The fourth-order valence-electron chi connectivity index (χ4n) is 1.80. The van der Waals surface area contributed by atoms with E-state index in [9.17, 15) is 4.79 Å². The number of hydrogen-bond acceptors (Lipinski definition) is 5. The van der Waals surface area contributed by atoms with E-state index in [0.717, 1.165) is 17.9 Å². The van der Waals surface area contributed by atoms with Gasteiger partial charge in [0.2, 0.25) is 0 Å². The van der Waals surface area contributed by atoms with Crippen molar-refractivity contribution in [3.63, 3.8) is 0 Å². The van der Waals surface area contributed by atoms with Gasteiger partial charge >= 0.3 is 0 Å². The van der Waals surface area contributed by atoms with Crippen LogP contribution in [0.5, 0.6) is 5.75 Å². The van der Waals surface area contributed by atoms with Gasteiger partial charge < -0.3 is 15.4 Å². The van der Waals surface area contributed by atoms with Crippen molar-refractivity contribution in [1.29, 1.82) is 0 Å². The number of rotatable bonds is 6. The zero-order valence-corrected chi connectivity index (χ0v) is 12.1. The van der Waals surface area contributed by atoms with Gasteiger partial charge in [-0.05, 0) is 24.6 Å². The summed E-state index contributed by atoms with van der Waals surface area (Å²) in [5, 5.41) is 5.83. The molecule has 2 N–H and O–H groups in total. The van der Waals surface area contributed by atoms with Crippen LogP contribution in [-0.2, 0) is 6.54 Å². The van der Waals surface area contributed by atoms with Gasteiger partial charge in [0.05, 0.1) is 19.5 Å². The van der Waals surface area contributed by atoms with Gasteiger partial charge in [0.1, 0.15) is 17.3 Å². The fraction of sp³-hybridized carbons (Fsp3) is 0.267. The molecule has 0 aliphatic heterocycles. The Bertz CT molecular complexity index is 616. The summed E-state index contributed by atoms with van der Waals surface area (Å²) >= 11 is 0. The van der Waals surface area contributed by atoms with Gasteiger partial charge in [-0.15, -0.1) is 0 Å². The van der Waals surface area contributed by atoms with Crippen molar-refractivity contribution < 1.29 is 9.53 Å². The number of benzene rings is 1. The molecular formula is C15H18N4O2. The standard InChI is InChI=1S/C15H18N4O2/c1-3-17-14-10-16-9-13(19-14)15(20)18-8-11-5-4-6-12(7-11)21-2/h4-7,9-10H,3,8H2,1-2H3,(H,17,19)(H,18,20). The molecule has 1 amide bonds. The van der Waals surface area contributed by atoms with Crippen molar-refractivity contribution in [1.82, 2.24) is 15.3 Å². The maximum atomic E-state index is 12.1. The van der Waals surface area contributed by atoms with E-state index in [4.69, 9.17) is 4.74 Å². The number of nitrogens with zero attached hydrogens (tertiary/aromatic N) is 2. The lowest BCUT2D eigenvalue weighted by Crippen LogP contribution is -2.24. The summed E-state index contributed by atoms with van der Waals surface area (Å²) in [4.78, 5) is 20.3. The predicted molar refractivity (Wildman–Crippen MR) is 80.4 cm³/mol. The summed E-state index contributed by atoms with van der Waals surface area (Å²) in [6.45, 7) is 3.09. The Labute approximate surface area is 123 Å². The third kappa shape index (κ3) is 4.17. The van der Waals surface area contributed by atoms with Gasteiger partial charge in [-0.2, -0.15) is 0 Å². The lowest BCUT2D eigenvalue weighted by atomic mass is 10.2. The quantitative estimate of drug-likeness (QED) is 0.847. The molecule has 6 nitrogen and oxygen atoms in total. The molecular weight excluding hydrogens is 268 g/mol. The van der Waals surface area contributed by atoms with E-state index in [1.807, 2.05) is 31.2 Å². The molecule has 0 saturated heterocycles. The highest BCUT2D eigenvalue weighted by Gasteiger charge is 2.08. The molecule has 0 fully saturated rings. The van der Waals surface area contributed by atoms with E-state index in [1.165, 1.54) is 6.20 Å². The summed E-state index contributed by atoms with van der Waals surface area (Å²) in [6.07, 6.45) is 3.03. The Morgan fingerprint density at radius 1 is 1.33 bits per heavy atom. The highest BCUT2D eigenvalue weighted by Crippen LogP contribution is 2.12. The van der Waals surface area contributed by atoms with Gasteiger partial charge in [0.25, 0.3) is 5.91 Å². The number of carbonyl (C=O) groups excluding carboxylic acids is 1. The second-order valence-corrected chi connectivity index (χ2v) is 4.35. The number of anilines is 1. The van der Waals surface area contributed by atoms with Gasteiger partial charge in [0.15, 0.2) is 0 Å². The van der Waals surface area contributed by atoms with E-state index in [0.29, 0.717) is 12.4 Å². The Balaban J connectivity index is 1.99. The first kappa shape index (κ1) is 14.8. The zero-order chi connectivity index (χ0) is 15.1. The Morgan fingerprint density at radius 3 is 2.95 bits per heavy atom. The molecule has 0 bridgehead atoms. The van der Waals surface area contributed by atoms with Crippen molar-refractivity contribution >= 4 is 11.7 Å². The van der Waals surface area contributed by atoms with Gasteiger partial charge in [0, 0.05) is 13.1 Å². The predicted octanol–water partition coefficient (Wildman–Crippen LogP) is 1.85. The first-order valence-corrected chi connectivity index (χ1v) is 6.70. The molecule has 1 aromatic carbocycles. The molecule has 0 aliphatic carbocycles. The number of amides is 1. The van der Waals surface area contributed by atoms with Crippen LogP contribution in [0.1, 0.15) is 23.0 Å². The summed E-state index contributed by atoms with van der Waals surface area (Å²) in [5.41, 5.74) is 1.25. The van der Waals surface area contributed by atoms with Crippen LogP contribution in [0.15, 0.2) is 36.7 Å². The normalized spacial score (nSPS) is 10.0. The van der Waals surface area contributed by atoms with Gasteiger partial charge in [-0.3, -0.25) is 9.78 Å². The topological polar surface area (TPSA) is 76.1 Å². The Kier molecular flexibility index (Phi) is 5.09. The van der Waals surface area contributed by atoms with Crippen molar-refractivity contribution in [2.75, 3.05) is 19.0 Å². The molecule has 0 aliphatic rings. The van der Waals surface area contributed by atoms with Crippen LogP contribution < -0.4 is 15.4 Å². The Morgan fingerprint density at radius 2 is 2.19 bits per heavy atom. The van der Waals surface area contributed by atoms with Crippen LogP contribution in [0, 0.1) is 0 Å². The third-order valence-electron chi connectivity index (χ3n) is 2.81. The van der Waals surface area contributed by atoms with E-state index in [2.05, 4.69) is 20.6 Å². The minimum absolute atomic E-state index is 0.259. The van der Waals surface area contributed by atoms with Crippen LogP contribution in [0.4, 0.5) is 5.82 Å². The fourth-order valence-corrected chi connectivity index (χ4v) is 1.80. The maximum absolute atomic E-state index is 12.1. The molecule has 21 heavy (non-hydrogen) atoms. The van der Waals surface area contributed by atoms with Crippen LogP contribution in [-0.4, -0.2) is 29.5 Å². The van der Waals surface area contributed by atoms with E-state index < -0.39 is 0 Å². The number of methoxy groups -OCH3 is 1. The van der Waals surface area contributed by atoms with E-state index in [1.54, 1.807) is 13.3 Å².